The topological polar surface area (TPSA) is 178 Å². The molecule has 12 nitrogen and oxygen atoms in total. The largest absolute Gasteiger partial charge is 0.516 e. The number of ether oxygens (including phenoxy) is 1. The normalized spacial score (nSPS) is 27.1. The molecule has 1 rings (SSSR count). The Kier molecular flexibility index (Phi) is 8.21. The van der Waals surface area contributed by atoms with Crippen molar-refractivity contribution in [3.8, 4) is 0 Å². The second-order valence-electron chi connectivity index (χ2n) is 4.23. The Balaban J connectivity index is 2.43. The van der Waals surface area contributed by atoms with Gasteiger partial charge in [-0.25, -0.2) is 13.7 Å². The molecule has 1 fully saturated rings. The number of phosphoric acid groups is 3. The van der Waals surface area contributed by atoms with Gasteiger partial charge in [0.2, 0.25) is 7.37 Å². The molecule has 1 aliphatic heterocycles. The van der Waals surface area contributed by atoms with Crippen LogP contribution < -0.4 is 0 Å². The maximum absolute atomic E-state index is 11.5. The molecule has 0 spiro atoms. The minimum atomic E-state index is -5.51. The van der Waals surface area contributed by atoms with Crippen LogP contribution >= 0.6 is 23.5 Å². The fourth-order valence-corrected chi connectivity index (χ4v) is 4.66. The van der Waals surface area contributed by atoms with Crippen LogP contribution in [0.2, 0.25) is 0 Å². The third-order valence-corrected chi connectivity index (χ3v) is 6.15. The maximum atomic E-state index is 11.5. The van der Waals surface area contributed by atoms with E-state index in [4.69, 9.17) is 27.5 Å². The fourth-order valence-electron chi connectivity index (χ4n) is 1.61. The number of phosphoric ester groups is 1. The summed E-state index contributed by atoms with van der Waals surface area (Å²) in [5, 5.41) is 0. The van der Waals surface area contributed by atoms with Gasteiger partial charge in [-0.2, -0.15) is 8.62 Å². The van der Waals surface area contributed by atoms with Gasteiger partial charge in [0.15, 0.2) is 0 Å². The smallest absolute Gasteiger partial charge is 0.490 e. The number of hydrogen-bond donors (Lipinski definition) is 4. The van der Waals surface area contributed by atoms with Crippen molar-refractivity contribution in [2.45, 2.75) is 24.9 Å². The highest BCUT2D eigenvalue weighted by molar-refractivity contribution is 7.66. The van der Waals surface area contributed by atoms with Crippen LogP contribution in [0.5, 0.6) is 0 Å². The Morgan fingerprint density at radius 2 is 1.74 bits per heavy atom. The van der Waals surface area contributed by atoms with Gasteiger partial charge in [-0.05, 0) is 12.8 Å². The molecule has 0 aromatic carbocycles. The molecule has 2 unspecified atom stereocenters. The highest BCUT2D eigenvalue weighted by Crippen LogP contribution is 2.66. The number of rotatable bonds is 10. The van der Waals surface area contributed by atoms with Gasteiger partial charge >= 0.3 is 23.5 Å². The fraction of sp³-hybridized carbons (Fsp3) is 1.00. The minimum absolute atomic E-state index is 0.354. The van der Waals surface area contributed by atoms with Crippen molar-refractivity contribution in [2.75, 3.05) is 6.61 Å². The minimum Gasteiger partial charge on any atom is -0.516 e. The zero-order chi connectivity index (χ0) is 17.7. The van der Waals surface area contributed by atoms with Crippen LogP contribution in [0.1, 0.15) is 12.8 Å². The first kappa shape index (κ1) is 21.6. The molecule has 4 N–H and O–H groups in total. The first-order chi connectivity index (χ1) is 10.4. The molecule has 0 aromatic heterocycles. The molecule has 1 aliphatic rings. The van der Waals surface area contributed by atoms with Crippen LogP contribution in [0.3, 0.4) is 0 Å². The third-order valence-electron chi connectivity index (χ3n) is 2.35. The molecule has 0 amide bonds. The van der Waals surface area contributed by atoms with E-state index in [-0.39, 0.29) is 6.00 Å². The molecular formula is C5H12B3O12P3. The van der Waals surface area contributed by atoms with E-state index in [2.05, 4.69) is 17.7 Å². The van der Waals surface area contributed by atoms with Crippen molar-refractivity contribution in [2.24, 2.45) is 0 Å². The van der Waals surface area contributed by atoms with Gasteiger partial charge in [-0.3, -0.25) is 4.52 Å². The van der Waals surface area contributed by atoms with Crippen molar-refractivity contribution < 1.29 is 55.7 Å². The summed E-state index contributed by atoms with van der Waals surface area (Å²) in [5.74, 6) is 0. The second-order valence-corrected chi connectivity index (χ2v) is 8.65. The molecule has 18 heteroatoms. The molecule has 0 bridgehead atoms. The zero-order valence-corrected chi connectivity index (χ0v) is 14.1. The monoisotopic (exact) mass is 390 g/mol. The molecule has 0 aromatic rings. The van der Waals surface area contributed by atoms with E-state index in [0.717, 1.165) is 0 Å². The van der Waals surface area contributed by atoms with E-state index < -0.39 is 36.2 Å². The Bertz CT molecular complexity index is 524. The predicted molar refractivity (Wildman–Crippen MR) is 76.1 cm³/mol. The molecule has 1 saturated heterocycles. The average Bonchev–Trinajstić information content (AvgIpc) is 2.77. The SMILES string of the molecule is [B]O[B][B][C@H]1CC[C@@H](COP(=O)(O)OP(=O)(O)OP(=O)(O)O)O1. The van der Waals surface area contributed by atoms with Gasteiger partial charge in [0.1, 0.15) is 7.17 Å². The Morgan fingerprint density at radius 1 is 1.09 bits per heavy atom. The molecule has 128 valence electrons. The molecule has 4 atom stereocenters. The van der Waals surface area contributed by atoms with E-state index in [1.807, 2.05) is 0 Å². The summed E-state index contributed by atoms with van der Waals surface area (Å²) in [6.07, 6.45) is 0.367. The molecule has 0 aliphatic carbocycles. The summed E-state index contributed by atoms with van der Waals surface area (Å²) in [5.41, 5.74) is 0. The van der Waals surface area contributed by atoms with Crippen molar-refractivity contribution in [1.82, 2.24) is 0 Å². The van der Waals surface area contributed by atoms with E-state index in [1.54, 1.807) is 0 Å². The van der Waals surface area contributed by atoms with Crippen molar-refractivity contribution in [1.29, 1.82) is 0 Å². The highest BCUT2D eigenvalue weighted by Gasteiger charge is 2.41. The summed E-state index contributed by atoms with van der Waals surface area (Å²) in [6, 6.07) is -0.354. The van der Waals surface area contributed by atoms with Gasteiger partial charge in [-0.15, -0.1) is 0 Å². The van der Waals surface area contributed by atoms with E-state index in [1.165, 1.54) is 14.5 Å². The standard InChI is InChI=1S/C5H12B3O12P3/c6-18-8-7-5-2-1-4(17-5)3-16-22(12,13)20-23(14,15)19-21(9,10)11/h4-5H,1-3H2,(H,12,13)(H,14,15)(H2,9,10,11)/t4-,5+/m0/s1. The third kappa shape index (κ3) is 9.55. The summed E-state index contributed by atoms with van der Waals surface area (Å²) < 4.78 is 54.1. The van der Waals surface area contributed by atoms with E-state index in [9.17, 15) is 18.6 Å². The van der Waals surface area contributed by atoms with Crippen LogP contribution in [0.15, 0.2) is 0 Å². The summed E-state index contributed by atoms with van der Waals surface area (Å²) in [4.78, 5) is 35.0. The van der Waals surface area contributed by atoms with Gasteiger partial charge < -0.3 is 28.9 Å². The maximum Gasteiger partial charge on any atom is 0.490 e. The summed E-state index contributed by atoms with van der Waals surface area (Å²) >= 11 is 0. The van der Waals surface area contributed by atoms with Crippen molar-refractivity contribution >= 4 is 46.1 Å². The van der Waals surface area contributed by atoms with Gasteiger partial charge in [0.05, 0.1) is 12.7 Å². The molecular weight excluding hydrogens is 377 g/mol. The summed E-state index contributed by atoms with van der Waals surface area (Å²) in [6.45, 7) is -0.475. The van der Waals surface area contributed by atoms with Crippen molar-refractivity contribution in [3.63, 3.8) is 0 Å². The van der Waals surface area contributed by atoms with Crippen LogP contribution in [0.4, 0.5) is 0 Å². The zero-order valence-electron chi connectivity index (χ0n) is 11.4. The molecule has 23 heavy (non-hydrogen) atoms. The Hall–Kier alpha value is 0.525. The van der Waals surface area contributed by atoms with Crippen LogP contribution in [0.25, 0.3) is 0 Å². The lowest BCUT2D eigenvalue weighted by Gasteiger charge is -2.18. The van der Waals surface area contributed by atoms with Gasteiger partial charge in [-0.1, -0.05) is 0 Å². The quantitative estimate of drug-likeness (QED) is 0.269. The van der Waals surface area contributed by atoms with E-state index in [0.29, 0.717) is 12.8 Å². The predicted octanol–water partition coefficient (Wildman–Crippen LogP) is -0.827. The van der Waals surface area contributed by atoms with Crippen LogP contribution in [-0.2, 0) is 36.1 Å². The second kappa shape index (κ2) is 8.76. The Morgan fingerprint density at radius 3 is 2.30 bits per heavy atom. The molecule has 4 radical (unpaired) electrons. The molecule has 0 saturated carbocycles. The Labute approximate surface area is 134 Å². The highest BCUT2D eigenvalue weighted by atomic mass is 31.3. The lowest BCUT2D eigenvalue weighted by atomic mass is 9.45. The first-order valence-corrected chi connectivity index (χ1v) is 10.4. The summed E-state index contributed by atoms with van der Waals surface area (Å²) in [7, 11) is -8.55. The molecule has 1 heterocycles. The van der Waals surface area contributed by atoms with E-state index >= 15 is 0 Å². The van der Waals surface area contributed by atoms with Gasteiger partial charge in [0, 0.05) is 6.00 Å². The first-order valence-electron chi connectivity index (χ1n) is 5.88. The number of hydrogen-bond acceptors (Lipinski definition) is 8. The van der Waals surface area contributed by atoms with Crippen molar-refractivity contribution in [3.05, 3.63) is 0 Å². The lowest BCUT2D eigenvalue weighted by Crippen LogP contribution is -2.25. The van der Waals surface area contributed by atoms with Crippen LogP contribution in [-0.4, -0.2) is 60.9 Å². The average molecular weight is 389 g/mol. The van der Waals surface area contributed by atoms with Gasteiger partial charge in [0.25, 0.3) is 8.05 Å². The van der Waals surface area contributed by atoms with Crippen LogP contribution in [0, 0.1) is 0 Å². The lowest BCUT2D eigenvalue weighted by molar-refractivity contribution is 0.0394.